The number of hydrogen-bond donors (Lipinski definition) is 2. The van der Waals surface area contributed by atoms with Crippen LogP contribution in [0.3, 0.4) is 0 Å². The molecular weight excluding hydrogens is 210 g/mol. The van der Waals surface area contributed by atoms with Gasteiger partial charge in [0.15, 0.2) is 0 Å². The fourth-order valence-electron chi connectivity index (χ4n) is 2.99. The molecule has 0 amide bonds. The minimum absolute atomic E-state index is 0.110. The van der Waals surface area contributed by atoms with Gasteiger partial charge < -0.3 is 10.4 Å². The summed E-state index contributed by atoms with van der Waals surface area (Å²) in [5.41, 5.74) is 0.110. The Hall–Kier alpha value is -0.0800. The first-order valence-electron chi connectivity index (χ1n) is 7.54. The predicted molar refractivity (Wildman–Crippen MR) is 74.1 cm³/mol. The third-order valence-corrected chi connectivity index (χ3v) is 4.96. The molecule has 17 heavy (non-hydrogen) atoms. The molecule has 1 aliphatic rings. The molecule has 0 spiro atoms. The Morgan fingerprint density at radius 1 is 1.18 bits per heavy atom. The first kappa shape index (κ1) is 15.0. The lowest BCUT2D eigenvalue weighted by atomic mass is 9.81. The minimum atomic E-state index is 0.110. The third-order valence-electron chi connectivity index (χ3n) is 4.96. The van der Waals surface area contributed by atoms with E-state index in [2.05, 4.69) is 26.1 Å². The maximum absolute atomic E-state index is 9.56. The maximum atomic E-state index is 9.56. The molecule has 2 atom stereocenters. The zero-order valence-electron chi connectivity index (χ0n) is 12.0. The highest BCUT2D eigenvalue weighted by Gasteiger charge is 2.27. The first-order valence-corrected chi connectivity index (χ1v) is 7.54. The van der Waals surface area contributed by atoms with Crippen LogP contribution in [0.4, 0.5) is 0 Å². The molecule has 1 rings (SSSR count). The SMILES string of the molecule is CCC1CCCC(NCC(CC)(CC)CO)C1. The van der Waals surface area contributed by atoms with Crippen molar-refractivity contribution < 1.29 is 5.11 Å². The number of rotatable bonds is 7. The van der Waals surface area contributed by atoms with Crippen LogP contribution in [0.25, 0.3) is 0 Å². The highest BCUT2D eigenvalue weighted by atomic mass is 16.3. The summed E-state index contributed by atoms with van der Waals surface area (Å²) in [6.45, 7) is 7.99. The van der Waals surface area contributed by atoms with Gasteiger partial charge in [0.2, 0.25) is 0 Å². The van der Waals surface area contributed by atoms with Crippen LogP contribution >= 0.6 is 0 Å². The molecule has 2 heteroatoms. The van der Waals surface area contributed by atoms with Crippen LogP contribution in [0.2, 0.25) is 0 Å². The zero-order chi connectivity index (χ0) is 12.7. The van der Waals surface area contributed by atoms with Crippen molar-refractivity contribution in [2.45, 2.75) is 71.8 Å². The maximum Gasteiger partial charge on any atom is 0.0499 e. The summed E-state index contributed by atoms with van der Waals surface area (Å²) in [5, 5.41) is 13.3. The van der Waals surface area contributed by atoms with E-state index in [1.54, 1.807) is 0 Å². The first-order chi connectivity index (χ1) is 8.19. The number of aliphatic hydroxyl groups is 1. The van der Waals surface area contributed by atoms with E-state index >= 15 is 0 Å². The van der Waals surface area contributed by atoms with Gasteiger partial charge in [-0.1, -0.05) is 40.0 Å². The van der Waals surface area contributed by atoms with Gasteiger partial charge in [-0.3, -0.25) is 0 Å². The Morgan fingerprint density at radius 3 is 2.41 bits per heavy atom. The molecule has 0 bridgehead atoms. The molecule has 0 aromatic carbocycles. The lowest BCUT2D eigenvalue weighted by Gasteiger charge is -2.35. The summed E-state index contributed by atoms with van der Waals surface area (Å²) in [5.74, 6) is 0.924. The fraction of sp³-hybridized carbons (Fsp3) is 1.00. The van der Waals surface area contributed by atoms with Gasteiger partial charge in [-0.2, -0.15) is 0 Å². The second kappa shape index (κ2) is 7.38. The molecule has 1 saturated carbocycles. The van der Waals surface area contributed by atoms with Gasteiger partial charge in [-0.15, -0.1) is 0 Å². The van der Waals surface area contributed by atoms with Crippen LogP contribution < -0.4 is 5.32 Å². The second-order valence-corrected chi connectivity index (χ2v) is 5.88. The van der Waals surface area contributed by atoms with Gasteiger partial charge in [0.1, 0.15) is 0 Å². The number of hydrogen-bond acceptors (Lipinski definition) is 2. The van der Waals surface area contributed by atoms with E-state index in [0.717, 1.165) is 25.3 Å². The molecule has 0 heterocycles. The lowest BCUT2D eigenvalue weighted by Crippen LogP contribution is -2.43. The summed E-state index contributed by atoms with van der Waals surface area (Å²) in [6, 6.07) is 0.692. The normalized spacial score (nSPS) is 26.1. The number of nitrogens with one attached hydrogen (secondary N) is 1. The molecule has 0 radical (unpaired) electrons. The van der Waals surface area contributed by atoms with Gasteiger partial charge in [0, 0.05) is 24.6 Å². The molecule has 1 fully saturated rings. The summed E-state index contributed by atoms with van der Waals surface area (Å²) in [6.07, 6.45) is 8.91. The lowest BCUT2D eigenvalue weighted by molar-refractivity contribution is 0.105. The van der Waals surface area contributed by atoms with Crippen LogP contribution in [0.15, 0.2) is 0 Å². The molecule has 0 aromatic rings. The summed E-state index contributed by atoms with van der Waals surface area (Å²) in [7, 11) is 0. The van der Waals surface area contributed by atoms with Crippen LogP contribution in [-0.4, -0.2) is 24.3 Å². The molecule has 0 saturated heterocycles. The average molecular weight is 241 g/mol. The Morgan fingerprint density at radius 2 is 1.88 bits per heavy atom. The van der Waals surface area contributed by atoms with Crippen LogP contribution in [-0.2, 0) is 0 Å². The Kier molecular flexibility index (Phi) is 6.50. The van der Waals surface area contributed by atoms with Crippen LogP contribution in [0.1, 0.15) is 65.7 Å². The van der Waals surface area contributed by atoms with Crippen molar-refractivity contribution in [1.82, 2.24) is 5.32 Å². The van der Waals surface area contributed by atoms with Gasteiger partial charge in [0.25, 0.3) is 0 Å². The zero-order valence-corrected chi connectivity index (χ0v) is 12.0. The molecule has 2 nitrogen and oxygen atoms in total. The molecule has 2 unspecified atom stereocenters. The monoisotopic (exact) mass is 241 g/mol. The molecule has 1 aliphatic carbocycles. The quantitative estimate of drug-likeness (QED) is 0.716. The highest BCUT2D eigenvalue weighted by Crippen LogP contribution is 2.29. The summed E-state index contributed by atoms with van der Waals surface area (Å²) < 4.78 is 0. The van der Waals surface area contributed by atoms with Gasteiger partial charge in [-0.25, -0.2) is 0 Å². The van der Waals surface area contributed by atoms with E-state index in [1.807, 2.05) is 0 Å². The third kappa shape index (κ3) is 4.26. The van der Waals surface area contributed by atoms with Gasteiger partial charge >= 0.3 is 0 Å². The van der Waals surface area contributed by atoms with Crippen LogP contribution in [0.5, 0.6) is 0 Å². The molecular formula is C15H31NO. The largest absolute Gasteiger partial charge is 0.396 e. The minimum Gasteiger partial charge on any atom is -0.396 e. The average Bonchev–Trinajstić information content (AvgIpc) is 2.41. The standard InChI is InChI=1S/C15H31NO/c1-4-13-8-7-9-14(10-13)16-11-15(5-2,6-3)12-17/h13-14,16-17H,4-12H2,1-3H3. The van der Waals surface area contributed by atoms with E-state index in [0.29, 0.717) is 12.6 Å². The Labute approximate surface area is 107 Å². The molecule has 102 valence electrons. The number of aliphatic hydroxyl groups excluding tert-OH is 1. The fourth-order valence-corrected chi connectivity index (χ4v) is 2.99. The van der Waals surface area contributed by atoms with Crippen LogP contribution in [0, 0.1) is 11.3 Å². The predicted octanol–water partition coefficient (Wildman–Crippen LogP) is 3.34. The van der Waals surface area contributed by atoms with Crippen molar-refractivity contribution in [3.63, 3.8) is 0 Å². The van der Waals surface area contributed by atoms with E-state index in [9.17, 15) is 5.11 Å². The van der Waals surface area contributed by atoms with Crippen molar-refractivity contribution in [2.24, 2.45) is 11.3 Å². The molecule has 2 N–H and O–H groups in total. The van der Waals surface area contributed by atoms with Gasteiger partial charge in [-0.05, 0) is 31.6 Å². The van der Waals surface area contributed by atoms with Crippen molar-refractivity contribution in [3.8, 4) is 0 Å². The smallest absolute Gasteiger partial charge is 0.0499 e. The van der Waals surface area contributed by atoms with Crippen molar-refractivity contribution in [1.29, 1.82) is 0 Å². The highest BCUT2D eigenvalue weighted by molar-refractivity contribution is 4.83. The Bertz CT molecular complexity index is 193. The van der Waals surface area contributed by atoms with Crippen molar-refractivity contribution in [2.75, 3.05) is 13.2 Å². The van der Waals surface area contributed by atoms with E-state index in [4.69, 9.17) is 0 Å². The van der Waals surface area contributed by atoms with E-state index in [1.165, 1.54) is 32.1 Å². The summed E-state index contributed by atoms with van der Waals surface area (Å²) >= 11 is 0. The molecule has 0 aromatic heterocycles. The summed E-state index contributed by atoms with van der Waals surface area (Å²) in [4.78, 5) is 0. The van der Waals surface area contributed by atoms with E-state index in [-0.39, 0.29) is 5.41 Å². The Balaban J connectivity index is 2.38. The van der Waals surface area contributed by atoms with E-state index < -0.39 is 0 Å². The molecule has 0 aliphatic heterocycles. The topological polar surface area (TPSA) is 32.3 Å². The second-order valence-electron chi connectivity index (χ2n) is 5.88. The van der Waals surface area contributed by atoms with Gasteiger partial charge in [0.05, 0.1) is 0 Å². The van der Waals surface area contributed by atoms with Crippen molar-refractivity contribution >= 4 is 0 Å². The van der Waals surface area contributed by atoms with Crippen molar-refractivity contribution in [3.05, 3.63) is 0 Å².